The maximum atomic E-state index is 13.6. The van der Waals surface area contributed by atoms with Crippen LogP contribution in [-0.2, 0) is 9.59 Å². The number of ketones is 1. The zero-order valence-electron chi connectivity index (χ0n) is 19.5. The minimum absolute atomic E-state index is 0.0768. The van der Waals surface area contributed by atoms with Gasteiger partial charge in [0.25, 0.3) is 11.7 Å². The molecule has 9 nitrogen and oxygen atoms in total. The number of nitrogens with zero attached hydrogens (tertiary/aromatic N) is 2. The molecule has 0 aliphatic carbocycles. The van der Waals surface area contributed by atoms with Crippen LogP contribution in [-0.4, -0.2) is 33.9 Å². The third-order valence-electron chi connectivity index (χ3n) is 5.94. The summed E-state index contributed by atoms with van der Waals surface area (Å²) in [4.78, 5) is 38.2. The number of aliphatic hydroxyl groups excluding tert-OH is 1. The first-order valence-electron chi connectivity index (χ1n) is 10.7. The first kappa shape index (κ1) is 24.4. The summed E-state index contributed by atoms with van der Waals surface area (Å²) >= 11 is 0. The Hall–Kier alpha value is -4.73. The number of rotatable bonds is 5. The lowest BCUT2D eigenvalue weighted by molar-refractivity contribution is -0.385. The van der Waals surface area contributed by atoms with Crippen LogP contribution in [0.1, 0.15) is 28.3 Å². The van der Waals surface area contributed by atoms with Crippen molar-refractivity contribution in [3.63, 3.8) is 0 Å². The van der Waals surface area contributed by atoms with E-state index in [-0.39, 0.29) is 28.1 Å². The molecule has 1 fully saturated rings. The maximum Gasteiger partial charge on any atom is 0.311 e. The van der Waals surface area contributed by atoms with E-state index in [2.05, 4.69) is 0 Å². The Kier molecular flexibility index (Phi) is 6.19. The highest BCUT2D eigenvalue weighted by Gasteiger charge is 2.47. The molecule has 0 bridgehead atoms. The van der Waals surface area contributed by atoms with Gasteiger partial charge in [0, 0.05) is 11.8 Å². The molecule has 0 aromatic heterocycles. The molecule has 10 heteroatoms. The summed E-state index contributed by atoms with van der Waals surface area (Å²) in [5, 5.41) is 32.8. The Morgan fingerprint density at radius 2 is 1.75 bits per heavy atom. The lowest BCUT2D eigenvalue weighted by Gasteiger charge is -2.25. The molecular formula is C26H21FN2O7. The number of aliphatic hydroxyl groups is 1. The van der Waals surface area contributed by atoms with E-state index < -0.39 is 45.7 Å². The number of carbonyl (C=O) groups is 2. The standard InChI is InChI=1S/C26H21FN2O7/c1-13-10-14(2)25(36-3)18(11-13)23(31)21-22(15-4-9-20(30)19(12-15)29(34)35)28(26(33)24(21)32)17-7-5-16(27)6-8-17/h4-12,22,30-31H,1-3H3/b23-21+. The van der Waals surface area contributed by atoms with Gasteiger partial charge in [-0.1, -0.05) is 12.1 Å². The number of phenolic OH excluding ortho intramolecular Hbond substituents is 1. The molecule has 1 heterocycles. The molecular weight excluding hydrogens is 471 g/mol. The molecule has 1 aliphatic rings. The zero-order chi connectivity index (χ0) is 26.3. The van der Waals surface area contributed by atoms with Gasteiger partial charge < -0.3 is 14.9 Å². The van der Waals surface area contributed by atoms with Crippen LogP contribution in [0.5, 0.6) is 11.5 Å². The molecule has 0 saturated carbocycles. The average Bonchev–Trinajstić information content (AvgIpc) is 3.09. The van der Waals surface area contributed by atoms with E-state index in [0.29, 0.717) is 5.56 Å². The van der Waals surface area contributed by atoms with Crippen LogP contribution in [0.4, 0.5) is 15.8 Å². The Morgan fingerprint density at radius 3 is 2.36 bits per heavy atom. The highest BCUT2D eigenvalue weighted by atomic mass is 19.1. The SMILES string of the molecule is COc1c(C)cc(C)cc1/C(O)=C1\C(=O)C(=O)N(c2ccc(F)cc2)C1c1ccc(O)c([N+](=O)[O-])c1. The minimum Gasteiger partial charge on any atom is -0.507 e. The van der Waals surface area contributed by atoms with Crippen molar-refractivity contribution < 1.29 is 33.9 Å². The first-order chi connectivity index (χ1) is 17.0. The molecule has 3 aromatic rings. The van der Waals surface area contributed by atoms with Gasteiger partial charge in [0.15, 0.2) is 5.75 Å². The molecule has 2 N–H and O–H groups in total. The lowest BCUT2D eigenvalue weighted by atomic mass is 9.93. The number of aromatic hydroxyl groups is 1. The van der Waals surface area contributed by atoms with E-state index in [4.69, 9.17) is 4.74 Å². The zero-order valence-corrected chi connectivity index (χ0v) is 19.5. The number of carbonyl (C=O) groups excluding carboxylic acids is 2. The van der Waals surface area contributed by atoms with Crippen molar-refractivity contribution in [1.29, 1.82) is 0 Å². The lowest BCUT2D eigenvalue weighted by Crippen LogP contribution is -2.29. The number of halogens is 1. The number of hydrogen-bond acceptors (Lipinski definition) is 7. The number of methoxy groups -OCH3 is 1. The highest BCUT2D eigenvalue weighted by molar-refractivity contribution is 6.51. The summed E-state index contributed by atoms with van der Waals surface area (Å²) in [6, 6.07) is 10.2. The van der Waals surface area contributed by atoms with E-state index in [1.54, 1.807) is 19.9 Å². The van der Waals surface area contributed by atoms with Crippen LogP contribution in [0.3, 0.4) is 0 Å². The average molecular weight is 492 g/mol. The van der Waals surface area contributed by atoms with Gasteiger partial charge in [-0.2, -0.15) is 0 Å². The van der Waals surface area contributed by atoms with Crippen LogP contribution in [0, 0.1) is 29.8 Å². The van der Waals surface area contributed by atoms with Gasteiger partial charge in [-0.3, -0.25) is 24.6 Å². The second-order valence-electron chi connectivity index (χ2n) is 8.31. The molecule has 0 radical (unpaired) electrons. The summed E-state index contributed by atoms with van der Waals surface area (Å²) in [6.45, 7) is 3.53. The number of ether oxygens (including phenoxy) is 1. The Bertz CT molecular complexity index is 1450. The number of hydrogen-bond donors (Lipinski definition) is 2. The molecule has 184 valence electrons. The fourth-order valence-corrected chi connectivity index (χ4v) is 4.42. The van der Waals surface area contributed by atoms with E-state index in [1.807, 2.05) is 6.07 Å². The van der Waals surface area contributed by atoms with Crippen molar-refractivity contribution in [1.82, 2.24) is 0 Å². The Balaban J connectivity index is 2.04. The Morgan fingerprint density at radius 1 is 1.08 bits per heavy atom. The van der Waals surface area contributed by atoms with Gasteiger partial charge in [-0.05, 0) is 66.9 Å². The van der Waals surface area contributed by atoms with E-state index in [0.717, 1.165) is 34.7 Å². The smallest absolute Gasteiger partial charge is 0.311 e. The van der Waals surface area contributed by atoms with E-state index in [9.17, 15) is 34.3 Å². The van der Waals surface area contributed by atoms with Crippen molar-refractivity contribution in [3.05, 3.63) is 98.4 Å². The highest BCUT2D eigenvalue weighted by Crippen LogP contribution is 2.45. The molecule has 1 saturated heterocycles. The van der Waals surface area contributed by atoms with Gasteiger partial charge in [-0.25, -0.2) is 4.39 Å². The Labute approximate surface area is 204 Å². The number of phenols is 1. The van der Waals surface area contributed by atoms with Crippen molar-refractivity contribution in [2.45, 2.75) is 19.9 Å². The van der Waals surface area contributed by atoms with Gasteiger partial charge in [0.05, 0.1) is 29.2 Å². The predicted molar refractivity (Wildman–Crippen MR) is 128 cm³/mol. The number of amides is 1. The second-order valence-corrected chi connectivity index (χ2v) is 8.31. The largest absolute Gasteiger partial charge is 0.507 e. The molecule has 0 spiro atoms. The quantitative estimate of drug-likeness (QED) is 0.174. The normalized spacial score (nSPS) is 16.9. The molecule has 1 atom stereocenters. The summed E-state index contributed by atoms with van der Waals surface area (Å²) in [5.74, 6) is -3.51. The molecule has 1 unspecified atom stereocenters. The summed E-state index contributed by atoms with van der Waals surface area (Å²) in [5.41, 5.74) is 0.792. The number of anilines is 1. The minimum atomic E-state index is -1.32. The summed E-state index contributed by atoms with van der Waals surface area (Å²) < 4.78 is 19.0. The van der Waals surface area contributed by atoms with Crippen LogP contribution in [0.25, 0.3) is 5.76 Å². The van der Waals surface area contributed by atoms with Crippen LogP contribution in [0.2, 0.25) is 0 Å². The van der Waals surface area contributed by atoms with Crippen LogP contribution in [0.15, 0.2) is 60.2 Å². The molecule has 4 rings (SSSR count). The number of aryl methyl sites for hydroxylation is 2. The summed E-state index contributed by atoms with van der Waals surface area (Å²) in [6.07, 6.45) is 0. The molecule has 1 amide bonds. The third kappa shape index (κ3) is 4.02. The monoisotopic (exact) mass is 492 g/mol. The predicted octanol–water partition coefficient (Wildman–Crippen LogP) is 4.69. The third-order valence-corrected chi connectivity index (χ3v) is 5.94. The second kappa shape index (κ2) is 9.14. The molecule has 1 aliphatic heterocycles. The fraction of sp³-hybridized carbons (Fsp3) is 0.154. The number of nitro benzene ring substituents is 1. The van der Waals surface area contributed by atoms with Crippen LogP contribution < -0.4 is 9.64 Å². The van der Waals surface area contributed by atoms with Gasteiger partial charge >= 0.3 is 5.69 Å². The van der Waals surface area contributed by atoms with Crippen molar-refractivity contribution in [3.8, 4) is 11.5 Å². The van der Waals surface area contributed by atoms with Crippen molar-refractivity contribution in [2.75, 3.05) is 12.0 Å². The fourth-order valence-electron chi connectivity index (χ4n) is 4.42. The molecule has 3 aromatic carbocycles. The summed E-state index contributed by atoms with van der Waals surface area (Å²) in [7, 11) is 1.40. The van der Waals surface area contributed by atoms with Gasteiger partial charge in [0.2, 0.25) is 0 Å². The number of nitro groups is 1. The number of benzene rings is 3. The molecule has 36 heavy (non-hydrogen) atoms. The van der Waals surface area contributed by atoms with E-state index >= 15 is 0 Å². The van der Waals surface area contributed by atoms with Gasteiger partial charge in [0.1, 0.15) is 17.3 Å². The maximum absolute atomic E-state index is 13.6. The van der Waals surface area contributed by atoms with Gasteiger partial charge in [-0.15, -0.1) is 0 Å². The van der Waals surface area contributed by atoms with Crippen LogP contribution >= 0.6 is 0 Å². The van der Waals surface area contributed by atoms with Crippen molar-refractivity contribution >= 4 is 28.8 Å². The van der Waals surface area contributed by atoms with Crippen molar-refractivity contribution in [2.24, 2.45) is 0 Å². The number of Topliss-reactive ketones (excluding diaryl/α,β-unsaturated/α-hetero) is 1. The first-order valence-corrected chi connectivity index (χ1v) is 10.7. The van der Waals surface area contributed by atoms with E-state index in [1.165, 1.54) is 25.3 Å². The topological polar surface area (TPSA) is 130 Å².